The Balaban J connectivity index is 2.17. The van der Waals surface area contributed by atoms with Crippen LogP contribution in [0.4, 0.5) is 5.69 Å². The first-order chi connectivity index (χ1) is 9.47. The summed E-state index contributed by atoms with van der Waals surface area (Å²) in [5.74, 6) is -0.458. The fraction of sp³-hybridized carbons (Fsp3) is 0.429. The van der Waals surface area contributed by atoms with Crippen molar-refractivity contribution in [3.63, 3.8) is 0 Å². The SMILES string of the molecule is CC(C)OC(=O)COC(=O)CCOc1ccc(N)cc1. The van der Waals surface area contributed by atoms with Crippen LogP contribution in [0, 0.1) is 0 Å². The van der Waals surface area contributed by atoms with E-state index in [2.05, 4.69) is 0 Å². The molecule has 0 heterocycles. The molecule has 0 bridgehead atoms. The van der Waals surface area contributed by atoms with Crippen molar-refractivity contribution in [3.8, 4) is 5.75 Å². The van der Waals surface area contributed by atoms with Gasteiger partial charge in [0, 0.05) is 5.69 Å². The first-order valence-corrected chi connectivity index (χ1v) is 6.31. The minimum absolute atomic E-state index is 0.0549. The second-order valence-electron chi connectivity index (χ2n) is 4.37. The summed E-state index contributed by atoms with van der Waals surface area (Å²) in [4.78, 5) is 22.5. The molecule has 1 rings (SSSR count). The van der Waals surface area contributed by atoms with E-state index >= 15 is 0 Å². The van der Waals surface area contributed by atoms with Crippen LogP contribution in [0.3, 0.4) is 0 Å². The molecular weight excluding hydrogens is 262 g/mol. The zero-order valence-corrected chi connectivity index (χ0v) is 11.6. The summed E-state index contributed by atoms with van der Waals surface area (Å²) in [5, 5.41) is 0. The van der Waals surface area contributed by atoms with Crippen molar-refractivity contribution >= 4 is 17.6 Å². The molecule has 6 nitrogen and oxygen atoms in total. The van der Waals surface area contributed by atoms with Crippen LogP contribution in [0.1, 0.15) is 20.3 Å². The van der Waals surface area contributed by atoms with Crippen LogP contribution in [-0.2, 0) is 19.1 Å². The minimum Gasteiger partial charge on any atom is -0.493 e. The summed E-state index contributed by atoms with van der Waals surface area (Å²) in [6.07, 6.45) is -0.172. The van der Waals surface area contributed by atoms with Gasteiger partial charge in [0.2, 0.25) is 0 Å². The van der Waals surface area contributed by atoms with Crippen molar-refractivity contribution in [1.82, 2.24) is 0 Å². The number of ether oxygens (including phenoxy) is 3. The van der Waals surface area contributed by atoms with Crippen LogP contribution in [0.15, 0.2) is 24.3 Å². The van der Waals surface area contributed by atoms with Gasteiger partial charge in [-0.2, -0.15) is 0 Å². The maximum Gasteiger partial charge on any atom is 0.344 e. The van der Waals surface area contributed by atoms with Gasteiger partial charge in [-0.05, 0) is 38.1 Å². The van der Waals surface area contributed by atoms with E-state index in [4.69, 9.17) is 19.9 Å². The Morgan fingerprint density at radius 3 is 2.40 bits per heavy atom. The van der Waals surface area contributed by atoms with Gasteiger partial charge >= 0.3 is 11.9 Å². The van der Waals surface area contributed by atoms with E-state index < -0.39 is 11.9 Å². The second-order valence-corrected chi connectivity index (χ2v) is 4.37. The van der Waals surface area contributed by atoms with E-state index in [9.17, 15) is 9.59 Å². The van der Waals surface area contributed by atoms with Gasteiger partial charge in [-0.15, -0.1) is 0 Å². The first kappa shape index (κ1) is 15.8. The second kappa shape index (κ2) is 8.04. The number of hydrogen-bond donors (Lipinski definition) is 1. The average Bonchev–Trinajstić information content (AvgIpc) is 2.38. The number of carbonyl (C=O) groups is 2. The molecule has 6 heteroatoms. The number of rotatable bonds is 7. The molecule has 0 atom stereocenters. The van der Waals surface area contributed by atoms with E-state index in [0.29, 0.717) is 11.4 Å². The molecule has 0 unspecified atom stereocenters. The Kier molecular flexibility index (Phi) is 6.36. The third kappa shape index (κ3) is 6.63. The molecule has 0 aliphatic heterocycles. The van der Waals surface area contributed by atoms with Crippen molar-refractivity contribution in [3.05, 3.63) is 24.3 Å². The van der Waals surface area contributed by atoms with E-state index in [0.717, 1.165) is 0 Å². The van der Waals surface area contributed by atoms with E-state index in [1.165, 1.54) is 0 Å². The van der Waals surface area contributed by atoms with Crippen LogP contribution < -0.4 is 10.5 Å². The predicted molar refractivity (Wildman–Crippen MR) is 73.2 cm³/mol. The molecule has 110 valence electrons. The van der Waals surface area contributed by atoms with Crippen molar-refractivity contribution in [2.24, 2.45) is 0 Å². The molecule has 1 aromatic carbocycles. The Morgan fingerprint density at radius 1 is 1.15 bits per heavy atom. The zero-order chi connectivity index (χ0) is 15.0. The van der Waals surface area contributed by atoms with Crippen molar-refractivity contribution < 1.29 is 23.8 Å². The number of anilines is 1. The van der Waals surface area contributed by atoms with Crippen LogP contribution in [0.2, 0.25) is 0 Å². The highest BCUT2D eigenvalue weighted by Crippen LogP contribution is 2.13. The van der Waals surface area contributed by atoms with E-state index in [-0.39, 0.29) is 25.7 Å². The number of nitrogens with two attached hydrogens (primary N) is 1. The summed E-state index contributed by atoms with van der Waals surface area (Å²) in [6.45, 7) is 3.24. The van der Waals surface area contributed by atoms with Gasteiger partial charge < -0.3 is 19.9 Å². The largest absolute Gasteiger partial charge is 0.493 e. The predicted octanol–water partition coefficient (Wildman–Crippen LogP) is 1.53. The third-order valence-corrected chi connectivity index (χ3v) is 2.17. The van der Waals surface area contributed by atoms with E-state index in [1.807, 2.05) is 0 Å². The van der Waals surface area contributed by atoms with Crippen LogP contribution in [0.25, 0.3) is 0 Å². The molecule has 0 aromatic heterocycles. The van der Waals surface area contributed by atoms with Crippen LogP contribution in [-0.4, -0.2) is 31.3 Å². The fourth-order valence-corrected chi connectivity index (χ4v) is 1.32. The lowest BCUT2D eigenvalue weighted by Gasteiger charge is -2.09. The van der Waals surface area contributed by atoms with Gasteiger partial charge in [0.25, 0.3) is 0 Å². The summed E-state index contributed by atoms with van der Waals surface area (Å²) in [7, 11) is 0. The van der Waals surface area contributed by atoms with E-state index in [1.54, 1.807) is 38.1 Å². The molecule has 0 aliphatic rings. The number of hydrogen-bond acceptors (Lipinski definition) is 6. The fourth-order valence-electron chi connectivity index (χ4n) is 1.32. The lowest BCUT2D eigenvalue weighted by Crippen LogP contribution is -2.20. The van der Waals surface area contributed by atoms with Gasteiger partial charge in [0.05, 0.1) is 19.1 Å². The Bertz CT molecular complexity index is 441. The molecular formula is C14H19NO5. The number of nitrogen functional groups attached to an aromatic ring is 1. The average molecular weight is 281 g/mol. The molecule has 1 aromatic rings. The highest BCUT2D eigenvalue weighted by molar-refractivity contribution is 5.76. The van der Waals surface area contributed by atoms with Crippen LogP contribution >= 0.6 is 0 Å². The molecule has 0 amide bonds. The molecule has 0 fully saturated rings. The van der Waals surface area contributed by atoms with Gasteiger partial charge in [-0.3, -0.25) is 4.79 Å². The molecule has 2 N–H and O–H groups in total. The minimum atomic E-state index is -0.562. The molecule has 0 aliphatic carbocycles. The lowest BCUT2D eigenvalue weighted by atomic mass is 10.3. The standard InChI is InChI=1S/C14H19NO5/c1-10(2)20-14(17)9-19-13(16)7-8-18-12-5-3-11(15)4-6-12/h3-6,10H,7-9,15H2,1-2H3. The molecule has 0 saturated carbocycles. The van der Waals surface area contributed by atoms with Gasteiger partial charge in [-0.25, -0.2) is 4.79 Å². The number of carbonyl (C=O) groups excluding carboxylic acids is 2. The van der Waals surface area contributed by atoms with Crippen LogP contribution in [0.5, 0.6) is 5.75 Å². The highest BCUT2D eigenvalue weighted by Gasteiger charge is 2.10. The molecule has 0 spiro atoms. The van der Waals surface area contributed by atoms with Gasteiger partial charge in [0.15, 0.2) is 6.61 Å². The quantitative estimate of drug-likeness (QED) is 0.602. The maximum absolute atomic E-state index is 11.3. The molecule has 0 radical (unpaired) electrons. The maximum atomic E-state index is 11.3. The summed E-state index contributed by atoms with van der Waals surface area (Å²) in [6, 6.07) is 6.83. The normalized spacial score (nSPS) is 10.2. The van der Waals surface area contributed by atoms with Gasteiger partial charge in [0.1, 0.15) is 5.75 Å². The number of esters is 2. The monoisotopic (exact) mass is 281 g/mol. The van der Waals surface area contributed by atoms with Crippen molar-refractivity contribution in [2.45, 2.75) is 26.4 Å². The zero-order valence-electron chi connectivity index (χ0n) is 11.6. The topological polar surface area (TPSA) is 87.8 Å². The van der Waals surface area contributed by atoms with Crippen molar-refractivity contribution in [1.29, 1.82) is 0 Å². The molecule has 0 saturated heterocycles. The first-order valence-electron chi connectivity index (χ1n) is 6.31. The third-order valence-electron chi connectivity index (χ3n) is 2.17. The van der Waals surface area contributed by atoms with Gasteiger partial charge in [-0.1, -0.05) is 0 Å². The summed E-state index contributed by atoms with van der Waals surface area (Å²) >= 11 is 0. The van der Waals surface area contributed by atoms with Crippen molar-refractivity contribution in [2.75, 3.05) is 18.9 Å². The summed E-state index contributed by atoms with van der Waals surface area (Å²) < 4.78 is 14.9. The lowest BCUT2D eigenvalue weighted by molar-refractivity contribution is -0.161. The highest BCUT2D eigenvalue weighted by atomic mass is 16.6. The Morgan fingerprint density at radius 2 is 1.80 bits per heavy atom. The smallest absolute Gasteiger partial charge is 0.344 e. The number of benzene rings is 1. The molecule has 20 heavy (non-hydrogen) atoms. The Labute approximate surface area is 117 Å². The summed E-state index contributed by atoms with van der Waals surface area (Å²) in [5.41, 5.74) is 6.17. The Hall–Kier alpha value is -2.24.